The first-order chi connectivity index (χ1) is 11.5. The zero-order chi connectivity index (χ0) is 17.2. The quantitative estimate of drug-likeness (QED) is 0.803. The first-order valence-electron chi connectivity index (χ1n) is 8.22. The van der Waals surface area contributed by atoms with Gasteiger partial charge in [-0.25, -0.2) is 8.42 Å². The summed E-state index contributed by atoms with van der Waals surface area (Å²) in [5, 5.41) is 4.10. The third kappa shape index (κ3) is 3.32. The van der Waals surface area contributed by atoms with E-state index in [1.807, 2.05) is 31.2 Å². The number of aryl methyl sites for hydroxylation is 1. The maximum absolute atomic E-state index is 12.9. The summed E-state index contributed by atoms with van der Waals surface area (Å²) < 4.78 is 34.4. The molecule has 2 aromatic rings. The highest BCUT2D eigenvalue weighted by atomic mass is 32.2. The number of sulfonamides is 1. The Kier molecular flexibility index (Phi) is 4.91. The third-order valence-corrected chi connectivity index (χ3v) is 6.37. The number of hydrogen-bond acceptors (Lipinski definition) is 4. The zero-order valence-corrected chi connectivity index (χ0v) is 14.9. The summed E-state index contributed by atoms with van der Waals surface area (Å²) in [7, 11) is -1.86. The van der Waals surface area contributed by atoms with Gasteiger partial charge in [0.2, 0.25) is 10.0 Å². The van der Waals surface area contributed by atoms with Gasteiger partial charge in [-0.15, -0.1) is 0 Å². The lowest BCUT2D eigenvalue weighted by atomic mass is 10.0. The van der Waals surface area contributed by atoms with Crippen LogP contribution < -0.4 is 4.74 Å². The van der Waals surface area contributed by atoms with E-state index in [0.29, 0.717) is 19.5 Å². The third-order valence-electron chi connectivity index (χ3n) is 4.47. The predicted octanol–water partition coefficient (Wildman–Crippen LogP) is 2.31. The Balaban J connectivity index is 1.81. The minimum atomic E-state index is -3.49. The first-order valence-corrected chi connectivity index (χ1v) is 9.66. The van der Waals surface area contributed by atoms with Crippen molar-refractivity contribution in [2.24, 2.45) is 0 Å². The molecule has 3 rings (SSSR count). The van der Waals surface area contributed by atoms with Crippen LogP contribution in [0, 0.1) is 0 Å². The topological polar surface area (TPSA) is 64.4 Å². The highest BCUT2D eigenvalue weighted by molar-refractivity contribution is 7.89. The number of ether oxygens (including phenoxy) is 1. The highest BCUT2D eigenvalue weighted by Gasteiger charge is 2.36. The van der Waals surface area contributed by atoms with Crippen LogP contribution >= 0.6 is 0 Å². The molecule has 1 aromatic carbocycles. The molecule has 0 saturated carbocycles. The van der Waals surface area contributed by atoms with Crippen LogP contribution in [-0.4, -0.2) is 42.2 Å². The van der Waals surface area contributed by atoms with Crippen LogP contribution in [0.15, 0.2) is 41.6 Å². The Morgan fingerprint density at radius 1 is 1.38 bits per heavy atom. The normalized spacial score (nSPS) is 18.8. The van der Waals surface area contributed by atoms with Crippen LogP contribution in [0.1, 0.15) is 25.3 Å². The molecule has 1 saturated heterocycles. The van der Waals surface area contributed by atoms with Crippen molar-refractivity contribution in [2.45, 2.75) is 43.7 Å². The van der Waals surface area contributed by atoms with E-state index in [2.05, 4.69) is 5.10 Å². The molecule has 2 heterocycles. The van der Waals surface area contributed by atoms with Gasteiger partial charge in [0.15, 0.2) is 0 Å². The van der Waals surface area contributed by atoms with Crippen molar-refractivity contribution in [3.8, 4) is 5.75 Å². The average molecular weight is 349 g/mol. The zero-order valence-electron chi connectivity index (χ0n) is 14.1. The molecular formula is C17H23N3O3S. The molecule has 6 nitrogen and oxygen atoms in total. The van der Waals surface area contributed by atoms with Crippen molar-refractivity contribution >= 4 is 10.0 Å². The summed E-state index contributed by atoms with van der Waals surface area (Å²) in [5.74, 6) is 0.795. The molecule has 0 radical (unpaired) electrons. The molecule has 0 aliphatic carbocycles. The smallest absolute Gasteiger partial charge is 0.246 e. The average Bonchev–Trinajstić information content (AvgIpc) is 3.24. The summed E-state index contributed by atoms with van der Waals surface area (Å²) in [6, 6.07) is 7.80. The number of nitrogens with zero attached hydrogens (tertiary/aromatic N) is 3. The first kappa shape index (κ1) is 17.0. The van der Waals surface area contributed by atoms with Crippen LogP contribution in [0.4, 0.5) is 0 Å². The van der Waals surface area contributed by atoms with E-state index < -0.39 is 10.0 Å². The van der Waals surface area contributed by atoms with Gasteiger partial charge in [0.1, 0.15) is 10.6 Å². The SMILES string of the molecule is CCn1cc(S(=O)(=O)N2CCC[C@@H]2Cc2cccc(OC)c2)cn1. The molecule has 0 bridgehead atoms. The van der Waals surface area contributed by atoms with Crippen LogP contribution in [0.3, 0.4) is 0 Å². The van der Waals surface area contributed by atoms with Crippen molar-refractivity contribution in [1.29, 1.82) is 0 Å². The largest absolute Gasteiger partial charge is 0.497 e. The maximum Gasteiger partial charge on any atom is 0.246 e. The monoisotopic (exact) mass is 349 g/mol. The molecule has 1 aromatic heterocycles. The van der Waals surface area contributed by atoms with E-state index in [0.717, 1.165) is 24.2 Å². The minimum absolute atomic E-state index is 0.0212. The van der Waals surface area contributed by atoms with E-state index >= 15 is 0 Å². The molecule has 24 heavy (non-hydrogen) atoms. The van der Waals surface area contributed by atoms with E-state index in [9.17, 15) is 8.42 Å². The Morgan fingerprint density at radius 2 is 2.21 bits per heavy atom. The summed E-state index contributed by atoms with van der Waals surface area (Å²) >= 11 is 0. The van der Waals surface area contributed by atoms with Gasteiger partial charge in [0, 0.05) is 25.3 Å². The molecule has 0 unspecified atom stereocenters. The van der Waals surface area contributed by atoms with Crippen molar-refractivity contribution in [3.05, 3.63) is 42.2 Å². The molecule has 0 N–H and O–H groups in total. The number of rotatable bonds is 6. The van der Waals surface area contributed by atoms with Crippen molar-refractivity contribution < 1.29 is 13.2 Å². The lowest BCUT2D eigenvalue weighted by molar-refractivity contribution is 0.384. The van der Waals surface area contributed by atoms with E-state index in [-0.39, 0.29) is 10.9 Å². The van der Waals surface area contributed by atoms with Gasteiger partial charge in [-0.05, 0) is 43.9 Å². The second-order valence-electron chi connectivity index (χ2n) is 6.00. The Morgan fingerprint density at radius 3 is 2.92 bits per heavy atom. The lowest BCUT2D eigenvalue weighted by Gasteiger charge is -2.23. The fourth-order valence-electron chi connectivity index (χ4n) is 3.19. The number of benzene rings is 1. The minimum Gasteiger partial charge on any atom is -0.497 e. The van der Waals surface area contributed by atoms with Crippen molar-refractivity contribution in [2.75, 3.05) is 13.7 Å². The molecule has 0 amide bonds. The summed E-state index contributed by atoms with van der Waals surface area (Å²) in [6.45, 7) is 3.15. The van der Waals surface area contributed by atoms with Gasteiger partial charge < -0.3 is 4.74 Å². The molecule has 7 heteroatoms. The number of aromatic nitrogens is 2. The molecule has 1 fully saturated rings. The second-order valence-corrected chi connectivity index (χ2v) is 7.89. The van der Waals surface area contributed by atoms with E-state index in [1.54, 1.807) is 22.3 Å². The van der Waals surface area contributed by atoms with Gasteiger partial charge >= 0.3 is 0 Å². The standard InChI is InChI=1S/C17H23N3O3S/c1-3-19-13-17(12-18-19)24(21,22)20-9-5-7-15(20)10-14-6-4-8-16(11-14)23-2/h4,6,8,11-13,15H,3,5,7,9-10H2,1-2H3/t15-/m1/s1. The molecule has 1 aliphatic rings. The predicted molar refractivity (Wildman–Crippen MR) is 91.5 cm³/mol. The lowest BCUT2D eigenvalue weighted by Crippen LogP contribution is -2.36. The fourth-order valence-corrected chi connectivity index (χ4v) is 4.84. The molecule has 0 spiro atoms. The summed E-state index contributed by atoms with van der Waals surface area (Å²) in [5.41, 5.74) is 1.09. The van der Waals surface area contributed by atoms with Gasteiger partial charge in [0.25, 0.3) is 0 Å². The van der Waals surface area contributed by atoms with Crippen LogP contribution in [0.5, 0.6) is 5.75 Å². The van der Waals surface area contributed by atoms with E-state index in [1.165, 1.54) is 6.20 Å². The molecule has 130 valence electrons. The van der Waals surface area contributed by atoms with Crippen LogP contribution in [-0.2, 0) is 23.0 Å². The van der Waals surface area contributed by atoms with E-state index in [4.69, 9.17) is 4.74 Å². The Hall–Kier alpha value is -1.86. The molecular weight excluding hydrogens is 326 g/mol. The Bertz CT molecular complexity index is 801. The molecule has 1 aliphatic heterocycles. The Labute approximate surface area is 143 Å². The fraction of sp³-hybridized carbons (Fsp3) is 0.471. The van der Waals surface area contributed by atoms with Crippen molar-refractivity contribution in [3.63, 3.8) is 0 Å². The van der Waals surface area contributed by atoms with Crippen LogP contribution in [0.2, 0.25) is 0 Å². The second kappa shape index (κ2) is 6.94. The number of methoxy groups -OCH3 is 1. The molecule has 1 atom stereocenters. The summed E-state index contributed by atoms with van der Waals surface area (Å²) in [6.07, 6.45) is 5.50. The van der Waals surface area contributed by atoms with Gasteiger partial charge in [-0.2, -0.15) is 9.40 Å². The number of hydrogen-bond donors (Lipinski definition) is 0. The maximum atomic E-state index is 12.9. The highest BCUT2D eigenvalue weighted by Crippen LogP contribution is 2.28. The van der Waals surface area contributed by atoms with Gasteiger partial charge in [0.05, 0.1) is 13.3 Å². The van der Waals surface area contributed by atoms with Crippen molar-refractivity contribution in [1.82, 2.24) is 14.1 Å². The van der Waals surface area contributed by atoms with Crippen LogP contribution in [0.25, 0.3) is 0 Å². The summed E-state index contributed by atoms with van der Waals surface area (Å²) in [4.78, 5) is 0.280. The van der Waals surface area contributed by atoms with Gasteiger partial charge in [-0.3, -0.25) is 4.68 Å². The van der Waals surface area contributed by atoms with Gasteiger partial charge in [-0.1, -0.05) is 12.1 Å².